The zero-order valence-electron chi connectivity index (χ0n) is 19.2. The van der Waals surface area contributed by atoms with Gasteiger partial charge in [-0.1, -0.05) is 48.0 Å². The second-order valence-corrected chi connectivity index (χ2v) is 8.77. The van der Waals surface area contributed by atoms with Crippen LogP contribution in [-0.4, -0.2) is 32.3 Å². The Balaban J connectivity index is 1.28. The largest absolute Gasteiger partial charge is 0.489 e. The molecule has 3 aromatic carbocycles. The van der Waals surface area contributed by atoms with E-state index in [9.17, 15) is 4.79 Å². The molecule has 7 nitrogen and oxygen atoms in total. The molecule has 3 N–H and O–H groups in total. The van der Waals surface area contributed by atoms with Gasteiger partial charge in [0.25, 0.3) is 5.91 Å². The summed E-state index contributed by atoms with van der Waals surface area (Å²) in [5.74, 6) is 0.582. The first-order valence-electron chi connectivity index (χ1n) is 11.1. The van der Waals surface area contributed by atoms with Crippen molar-refractivity contribution in [2.45, 2.75) is 25.1 Å². The van der Waals surface area contributed by atoms with E-state index < -0.39 is 6.04 Å². The highest BCUT2D eigenvalue weighted by Gasteiger charge is 2.30. The third-order valence-corrected chi connectivity index (χ3v) is 5.85. The number of ether oxygens (including phenoxy) is 1. The number of hydrogen-bond donors (Lipinski definition) is 3. The fourth-order valence-corrected chi connectivity index (χ4v) is 3.75. The first kappa shape index (κ1) is 23.8. The van der Waals surface area contributed by atoms with Gasteiger partial charge in [-0.2, -0.15) is 5.10 Å². The second-order valence-electron chi connectivity index (χ2n) is 8.34. The van der Waals surface area contributed by atoms with Crippen LogP contribution in [0.3, 0.4) is 0 Å². The van der Waals surface area contributed by atoms with E-state index in [-0.39, 0.29) is 11.9 Å². The van der Waals surface area contributed by atoms with Crippen molar-refractivity contribution in [3.05, 3.63) is 94.5 Å². The summed E-state index contributed by atoms with van der Waals surface area (Å²) in [6, 6.07) is 23.0. The standard InChI is InChI=1S/C26H28ClN5O2/c1-32(2)22-12-8-18(9-13-22)16-28-31-26(33)25-15-24(29-30-25)20-4-3-5-23(14-20)34-17-19-6-10-21(27)11-7-19/h3-14,16,24-25,29-30H,15,17H2,1-2H3,(H,31,33)/b28-16+. The SMILES string of the molecule is CN(C)c1ccc(/C=N/NC(=O)C2CC(c3cccc(OCc4ccc(Cl)cc4)c3)NN2)cc1. The molecular formula is C26H28ClN5O2. The Morgan fingerprint density at radius 2 is 1.88 bits per heavy atom. The van der Waals surface area contributed by atoms with E-state index in [0.29, 0.717) is 18.1 Å². The summed E-state index contributed by atoms with van der Waals surface area (Å²) < 4.78 is 5.93. The number of hydrazone groups is 1. The van der Waals surface area contributed by atoms with Crippen LogP contribution >= 0.6 is 11.6 Å². The Hall–Kier alpha value is -3.39. The predicted octanol–water partition coefficient (Wildman–Crippen LogP) is 4.04. The van der Waals surface area contributed by atoms with Crippen molar-refractivity contribution in [1.82, 2.24) is 16.3 Å². The minimum absolute atomic E-state index is 0.0163. The van der Waals surface area contributed by atoms with Gasteiger partial charge in [0.05, 0.1) is 6.21 Å². The number of benzene rings is 3. The molecule has 3 aromatic rings. The van der Waals surface area contributed by atoms with Crippen LogP contribution in [0, 0.1) is 0 Å². The van der Waals surface area contributed by atoms with Crippen LogP contribution in [0.4, 0.5) is 5.69 Å². The smallest absolute Gasteiger partial charge is 0.258 e. The van der Waals surface area contributed by atoms with Crippen LogP contribution in [0.2, 0.25) is 5.02 Å². The van der Waals surface area contributed by atoms with E-state index in [1.807, 2.05) is 91.8 Å². The van der Waals surface area contributed by atoms with Gasteiger partial charge >= 0.3 is 0 Å². The molecule has 2 atom stereocenters. The average molecular weight is 478 g/mol. The van der Waals surface area contributed by atoms with Crippen molar-refractivity contribution in [1.29, 1.82) is 0 Å². The Morgan fingerprint density at radius 3 is 2.62 bits per heavy atom. The molecule has 2 unspecified atom stereocenters. The lowest BCUT2D eigenvalue weighted by Gasteiger charge is -2.12. The molecule has 4 rings (SSSR count). The fraction of sp³-hybridized carbons (Fsp3) is 0.231. The fourth-order valence-electron chi connectivity index (χ4n) is 3.62. The van der Waals surface area contributed by atoms with Crippen LogP contribution in [0.25, 0.3) is 0 Å². The van der Waals surface area contributed by atoms with Crippen LogP contribution in [0.1, 0.15) is 29.2 Å². The summed E-state index contributed by atoms with van der Waals surface area (Å²) in [6.45, 7) is 0.456. The zero-order chi connectivity index (χ0) is 23.9. The Labute approximate surface area is 204 Å². The lowest BCUT2D eigenvalue weighted by molar-refractivity contribution is -0.122. The normalized spacial score (nSPS) is 17.6. The number of anilines is 1. The maximum Gasteiger partial charge on any atom is 0.258 e. The van der Waals surface area contributed by atoms with Crippen molar-refractivity contribution in [2.24, 2.45) is 5.10 Å². The molecule has 176 valence electrons. The Bertz CT molecular complexity index is 1130. The van der Waals surface area contributed by atoms with Crippen molar-refractivity contribution in [2.75, 3.05) is 19.0 Å². The topological polar surface area (TPSA) is 78.0 Å². The lowest BCUT2D eigenvalue weighted by Crippen LogP contribution is -2.41. The summed E-state index contributed by atoms with van der Waals surface area (Å²) in [5.41, 5.74) is 13.0. The van der Waals surface area contributed by atoms with E-state index in [0.717, 1.165) is 28.1 Å². The van der Waals surface area contributed by atoms with E-state index >= 15 is 0 Å². The molecule has 1 aliphatic rings. The number of carbonyl (C=O) groups is 1. The molecule has 1 amide bonds. The van der Waals surface area contributed by atoms with Crippen LogP contribution in [-0.2, 0) is 11.4 Å². The van der Waals surface area contributed by atoms with Gasteiger partial charge < -0.3 is 9.64 Å². The number of rotatable bonds is 8. The molecule has 1 saturated heterocycles. The highest BCUT2D eigenvalue weighted by atomic mass is 35.5. The van der Waals surface area contributed by atoms with E-state index in [4.69, 9.17) is 16.3 Å². The highest BCUT2D eigenvalue weighted by Crippen LogP contribution is 2.26. The summed E-state index contributed by atoms with van der Waals surface area (Å²) >= 11 is 5.94. The van der Waals surface area contributed by atoms with Gasteiger partial charge in [0, 0.05) is 30.8 Å². The van der Waals surface area contributed by atoms with E-state index in [1.165, 1.54) is 0 Å². The second kappa shape index (κ2) is 11.2. The lowest BCUT2D eigenvalue weighted by atomic mass is 10.0. The summed E-state index contributed by atoms with van der Waals surface area (Å²) in [6.07, 6.45) is 2.23. The number of nitrogens with one attached hydrogen (secondary N) is 3. The maximum atomic E-state index is 12.5. The van der Waals surface area contributed by atoms with Gasteiger partial charge in [0.15, 0.2) is 0 Å². The Kier molecular flexibility index (Phi) is 7.80. The molecule has 0 bridgehead atoms. The molecular weight excluding hydrogens is 450 g/mol. The number of hydrogen-bond acceptors (Lipinski definition) is 6. The highest BCUT2D eigenvalue weighted by molar-refractivity contribution is 6.30. The minimum Gasteiger partial charge on any atom is -0.489 e. The Morgan fingerprint density at radius 1 is 1.12 bits per heavy atom. The van der Waals surface area contributed by atoms with Crippen molar-refractivity contribution in [3.63, 3.8) is 0 Å². The predicted molar refractivity (Wildman–Crippen MR) is 136 cm³/mol. The molecule has 0 aliphatic carbocycles. The number of nitrogens with zero attached hydrogens (tertiary/aromatic N) is 2. The molecule has 0 radical (unpaired) electrons. The first-order chi connectivity index (χ1) is 16.5. The minimum atomic E-state index is -0.392. The van der Waals surface area contributed by atoms with Crippen molar-refractivity contribution in [3.8, 4) is 5.75 Å². The molecule has 0 aromatic heterocycles. The molecule has 1 aliphatic heterocycles. The zero-order valence-corrected chi connectivity index (χ0v) is 19.9. The van der Waals surface area contributed by atoms with Crippen LogP contribution in [0.5, 0.6) is 5.75 Å². The molecule has 34 heavy (non-hydrogen) atoms. The summed E-state index contributed by atoms with van der Waals surface area (Å²) in [7, 11) is 3.98. The van der Waals surface area contributed by atoms with Crippen molar-refractivity contribution < 1.29 is 9.53 Å². The first-order valence-corrected chi connectivity index (χ1v) is 11.4. The molecule has 1 heterocycles. The quantitative estimate of drug-likeness (QED) is 0.337. The third-order valence-electron chi connectivity index (χ3n) is 5.60. The summed E-state index contributed by atoms with van der Waals surface area (Å²) in [4.78, 5) is 14.6. The molecule has 0 saturated carbocycles. The molecule has 8 heteroatoms. The van der Waals surface area contributed by atoms with Gasteiger partial charge in [-0.25, -0.2) is 16.3 Å². The number of halogens is 1. The van der Waals surface area contributed by atoms with Crippen LogP contribution < -0.4 is 25.9 Å². The van der Waals surface area contributed by atoms with Gasteiger partial charge in [0.1, 0.15) is 18.4 Å². The molecule has 1 fully saturated rings. The third kappa shape index (κ3) is 6.35. The van der Waals surface area contributed by atoms with Gasteiger partial charge in [-0.3, -0.25) is 4.79 Å². The maximum absolute atomic E-state index is 12.5. The number of amides is 1. The van der Waals surface area contributed by atoms with Crippen LogP contribution in [0.15, 0.2) is 77.9 Å². The van der Waals surface area contributed by atoms with E-state index in [1.54, 1.807) is 6.21 Å². The van der Waals surface area contributed by atoms with Gasteiger partial charge in [-0.15, -0.1) is 0 Å². The van der Waals surface area contributed by atoms with Crippen molar-refractivity contribution >= 4 is 29.4 Å². The van der Waals surface area contributed by atoms with Gasteiger partial charge in [0.2, 0.25) is 0 Å². The molecule has 0 spiro atoms. The number of carbonyl (C=O) groups excluding carboxylic acids is 1. The summed E-state index contributed by atoms with van der Waals surface area (Å²) in [5, 5.41) is 4.80. The average Bonchev–Trinajstić information content (AvgIpc) is 3.35. The van der Waals surface area contributed by atoms with E-state index in [2.05, 4.69) is 21.4 Å². The van der Waals surface area contributed by atoms with Gasteiger partial charge in [-0.05, 0) is 59.5 Å². The number of hydrazine groups is 1. The monoisotopic (exact) mass is 477 g/mol.